The van der Waals surface area contributed by atoms with Gasteiger partial charge in [-0.15, -0.1) is 5.10 Å². The predicted molar refractivity (Wildman–Crippen MR) is 147 cm³/mol. The van der Waals surface area contributed by atoms with Crippen LogP contribution in [0.3, 0.4) is 0 Å². The lowest BCUT2D eigenvalue weighted by Crippen LogP contribution is -2.59. The highest BCUT2D eigenvalue weighted by Crippen LogP contribution is 2.38. The molecule has 5 aliphatic rings. The van der Waals surface area contributed by atoms with Crippen molar-refractivity contribution < 1.29 is 14.3 Å². The first-order valence-corrected chi connectivity index (χ1v) is 14.6. The number of ether oxygens (including phenoxy) is 2. The van der Waals surface area contributed by atoms with Crippen LogP contribution in [-0.2, 0) is 9.53 Å². The molecule has 9 nitrogen and oxygen atoms in total. The minimum Gasteiger partial charge on any atom is -0.485 e. The Kier molecular flexibility index (Phi) is 6.21. The second-order valence-electron chi connectivity index (χ2n) is 12.0. The number of morpholine rings is 1. The number of hydrogen-bond donors (Lipinski definition) is 0. The van der Waals surface area contributed by atoms with Gasteiger partial charge in [0.15, 0.2) is 5.75 Å². The Morgan fingerprint density at radius 1 is 0.949 bits per heavy atom. The number of piperidine rings is 1. The second kappa shape index (κ2) is 9.77. The molecule has 6 heterocycles. The number of carbonyl (C=O) groups is 1. The molecule has 1 amide bonds. The fraction of sp³-hybridized carbons (Fsp3) is 0.600. The van der Waals surface area contributed by atoms with Crippen LogP contribution in [0.5, 0.6) is 5.75 Å². The lowest BCUT2D eigenvalue weighted by atomic mass is 9.78. The third kappa shape index (κ3) is 4.64. The van der Waals surface area contributed by atoms with Gasteiger partial charge in [-0.3, -0.25) is 4.79 Å². The molecule has 1 saturated carbocycles. The van der Waals surface area contributed by atoms with Crippen molar-refractivity contribution in [1.29, 1.82) is 0 Å². The molecule has 5 fully saturated rings. The maximum absolute atomic E-state index is 13.0. The van der Waals surface area contributed by atoms with E-state index in [1.165, 1.54) is 11.3 Å². The first-order chi connectivity index (χ1) is 18.9. The Hall–Kier alpha value is -3.20. The number of anilines is 1. The number of rotatable bonds is 5. The van der Waals surface area contributed by atoms with Gasteiger partial charge in [0.25, 0.3) is 5.78 Å². The molecule has 4 saturated heterocycles. The van der Waals surface area contributed by atoms with Crippen LogP contribution in [0.2, 0.25) is 0 Å². The van der Waals surface area contributed by atoms with Crippen molar-refractivity contribution in [2.75, 3.05) is 31.1 Å². The summed E-state index contributed by atoms with van der Waals surface area (Å²) in [7, 11) is 0. The van der Waals surface area contributed by atoms with Crippen molar-refractivity contribution >= 4 is 17.4 Å². The zero-order chi connectivity index (χ0) is 26.7. The quantitative estimate of drug-likeness (QED) is 0.493. The van der Waals surface area contributed by atoms with Gasteiger partial charge in [0.2, 0.25) is 5.91 Å². The van der Waals surface area contributed by atoms with Gasteiger partial charge in [-0.2, -0.15) is 9.50 Å². The molecule has 2 bridgehead atoms. The highest BCUT2D eigenvalue weighted by Gasteiger charge is 2.42. The summed E-state index contributed by atoms with van der Waals surface area (Å²) in [5.41, 5.74) is 4.44. The molecule has 8 rings (SSSR count). The Balaban J connectivity index is 0.940. The molecule has 3 unspecified atom stereocenters. The smallest absolute Gasteiger partial charge is 0.253 e. The van der Waals surface area contributed by atoms with E-state index >= 15 is 0 Å². The number of aromatic nitrogens is 4. The number of hydrogen-bond acceptors (Lipinski definition) is 7. The highest BCUT2D eigenvalue weighted by molar-refractivity contribution is 5.79. The van der Waals surface area contributed by atoms with Crippen molar-refractivity contribution in [3.8, 4) is 5.75 Å². The summed E-state index contributed by atoms with van der Waals surface area (Å²) >= 11 is 0. The summed E-state index contributed by atoms with van der Waals surface area (Å²) in [6.07, 6.45) is 6.97. The summed E-state index contributed by atoms with van der Waals surface area (Å²) < 4.78 is 14.0. The number of amides is 1. The van der Waals surface area contributed by atoms with Crippen molar-refractivity contribution in [2.45, 2.75) is 83.5 Å². The zero-order valence-corrected chi connectivity index (χ0v) is 23.2. The standard InChI is InChI=1S/C30H38N6O3/c1-18-28(19(2)36-30(31-18)32-20(3)33-36)39-25-12-13-34(15-25)24-10-8-22(9-11-24)21-4-6-23(7-5-21)29(37)35-16-26-14-27(17-35)38-26/h8-11,21,23,25-27H,4-7,12-17H2,1-3H3. The van der Waals surface area contributed by atoms with Gasteiger partial charge in [0.05, 0.1) is 30.1 Å². The number of aryl methyl sites for hydroxylation is 3. The molecule has 39 heavy (non-hydrogen) atoms. The lowest BCUT2D eigenvalue weighted by Gasteiger charge is -2.48. The molecule has 1 aromatic carbocycles. The van der Waals surface area contributed by atoms with E-state index in [0.29, 0.717) is 35.6 Å². The SMILES string of the molecule is Cc1nc2nc(C)c(OC3CCN(c4ccc(C5CCC(C(=O)N6CC7CC(C6)O7)CC5)cc4)C3)c(C)n2n1. The lowest BCUT2D eigenvalue weighted by molar-refractivity contribution is -0.190. The number of carbonyl (C=O) groups excluding carboxylic acids is 1. The van der Waals surface area contributed by atoms with E-state index in [9.17, 15) is 4.79 Å². The van der Waals surface area contributed by atoms with Crippen LogP contribution in [-0.4, -0.2) is 74.9 Å². The largest absolute Gasteiger partial charge is 0.485 e. The molecule has 0 radical (unpaired) electrons. The van der Waals surface area contributed by atoms with Gasteiger partial charge in [0, 0.05) is 44.1 Å². The van der Waals surface area contributed by atoms with E-state index in [1.54, 1.807) is 4.52 Å². The predicted octanol–water partition coefficient (Wildman–Crippen LogP) is 3.98. The summed E-state index contributed by atoms with van der Waals surface area (Å²) in [6.45, 7) is 9.29. The zero-order valence-electron chi connectivity index (χ0n) is 23.2. The van der Waals surface area contributed by atoms with Crippen molar-refractivity contribution in [3.63, 3.8) is 0 Å². The molecule has 3 aromatic rings. The Morgan fingerprint density at radius 2 is 1.67 bits per heavy atom. The van der Waals surface area contributed by atoms with E-state index in [4.69, 9.17) is 9.47 Å². The van der Waals surface area contributed by atoms with E-state index < -0.39 is 0 Å². The summed E-state index contributed by atoms with van der Waals surface area (Å²) in [5, 5.41) is 4.47. The van der Waals surface area contributed by atoms with Gasteiger partial charge in [-0.05, 0) is 70.1 Å². The Morgan fingerprint density at radius 3 is 2.38 bits per heavy atom. The fourth-order valence-corrected chi connectivity index (χ4v) is 7.08. The Bertz CT molecular complexity index is 1360. The van der Waals surface area contributed by atoms with E-state index in [0.717, 1.165) is 81.8 Å². The van der Waals surface area contributed by atoms with Crippen LogP contribution < -0.4 is 9.64 Å². The topological polar surface area (TPSA) is 85.1 Å². The Labute approximate surface area is 229 Å². The molecule has 206 valence electrons. The van der Waals surface area contributed by atoms with Crippen LogP contribution in [0.4, 0.5) is 5.69 Å². The first kappa shape index (κ1) is 24.8. The van der Waals surface area contributed by atoms with Crippen LogP contribution in [0.1, 0.15) is 67.2 Å². The molecule has 9 heteroatoms. The summed E-state index contributed by atoms with van der Waals surface area (Å²) in [4.78, 5) is 26.5. The van der Waals surface area contributed by atoms with E-state index in [2.05, 4.69) is 49.1 Å². The van der Waals surface area contributed by atoms with Gasteiger partial charge >= 0.3 is 0 Å². The van der Waals surface area contributed by atoms with Crippen molar-refractivity contribution in [3.05, 3.63) is 47.0 Å². The second-order valence-corrected chi connectivity index (χ2v) is 12.0. The average Bonchev–Trinajstić information content (AvgIpc) is 3.57. The summed E-state index contributed by atoms with van der Waals surface area (Å²) in [5.74, 6) is 3.25. The molecule has 0 N–H and O–H groups in total. The molecule has 1 aliphatic carbocycles. The summed E-state index contributed by atoms with van der Waals surface area (Å²) in [6, 6.07) is 9.12. The van der Waals surface area contributed by atoms with Gasteiger partial charge in [0.1, 0.15) is 11.9 Å². The van der Waals surface area contributed by atoms with Crippen LogP contribution in [0, 0.1) is 26.7 Å². The first-order valence-electron chi connectivity index (χ1n) is 14.6. The van der Waals surface area contributed by atoms with Crippen molar-refractivity contribution in [2.24, 2.45) is 5.92 Å². The molecular weight excluding hydrogens is 492 g/mol. The van der Waals surface area contributed by atoms with Crippen molar-refractivity contribution in [1.82, 2.24) is 24.5 Å². The monoisotopic (exact) mass is 530 g/mol. The maximum atomic E-state index is 13.0. The van der Waals surface area contributed by atoms with Crippen LogP contribution in [0.15, 0.2) is 24.3 Å². The fourth-order valence-electron chi connectivity index (χ4n) is 7.08. The highest BCUT2D eigenvalue weighted by atomic mass is 16.5. The average molecular weight is 531 g/mol. The van der Waals surface area contributed by atoms with Gasteiger partial charge < -0.3 is 19.3 Å². The van der Waals surface area contributed by atoms with Gasteiger partial charge in [-0.1, -0.05) is 12.1 Å². The third-order valence-electron chi connectivity index (χ3n) is 9.24. The third-order valence-corrected chi connectivity index (χ3v) is 9.24. The van der Waals surface area contributed by atoms with Gasteiger partial charge in [-0.25, -0.2) is 4.98 Å². The minimum atomic E-state index is 0.108. The van der Waals surface area contributed by atoms with E-state index in [1.807, 2.05) is 20.8 Å². The molecular formula is C30H38N6O3. The minimum absolute atomic E-state index is 0.108. The van der Waals surface area contributed by atoms with E-state index in [-0.39, 0.29) is 12.0 Å². The van der Waals surface area contributed by atoms with Crippen LogP contribution >= 0.6 is 0 Å². The molecule has 3 atom stereocenters. The maximum Gasteiger partial charge on any atom is 0.253 e. The molecule has 2 aromatic heterocycles. The number of nitrogens with zero attached hydrogens (tertiary/aromatic N) is 6. The normalized spacial score (nSPS) is 28.5. The molecule has 4 aliphatic heterocycles. The van der Waals surface area contributed by atoms with Crippen LogP contribution in [0.25, 0.3) is 5.78 Å². The number of benzene rings is 1. The molecule has 0 spiro atoms. The number of fused-ring (bicyclic) bond motifs is 3.